The van der Waals surface area contributed by atoms with Gasteiger partial charge in [0.1, 0.15) is 11.6 Å². The second-order valence-corrected chi connectivity index (χ2v) is 4.65. The Morgan fingerprint density at radius 1 is 1.05 bits per heavy atom. The van der Waals surface area contributed by atoms with Crippen molar-refractivity contribution in [3.05, 3.63) is 59.2 Å². The summed E-state index contributed by atoms with van der Waals surface area (Å²) in [5.74, 6) is -0.649. The monoisotopic (exact) mass is 262 g/mol. The van der Waals surface area contributed by atoms with Crippen LogP contribution in [-0.4, -0.2) is 7.05 Å². The Labute approximate surface area is 111 Å². The third-order valence-corrected chi connectivity index (χ3v) is 3.07. The molecule has 0 bridgehead atoms. The van der Waals surface area contributed by atoms with Crippen LogP contribution >= 0.6 is 0 Å². The van der Waals surface area contributed by atoms with Gasteiger partial charge in [0.25, 0.3) is 0 Å². The fourth-order valence-electron chi connectivity index (χ4n) is 1.92. The molecule has 0 fully saturated rings. The zero-order valence-electron chi connectivity index (χ0n) is 11.0. The molecule has 0 spiro atoms. The average Bonchev–Trinajstić information content (AvgIpc) is 2.37. The highest BCUT2D eigenvalue weighted by Gasteiger charge is 2.06. The molecule has 4 heteroatoms. The van der Waals surface area contributed by atoms with E-state index in [9.17, 15) is 8.78 Å². The van der Waals surface area contributed by atoms with Crippen molar-refractivity contribution in [2.24, 2.45) is 0 Å². The predicted octanol–water partition coefficient (Wildman–Crippen LogP) is 3.49. The zero-order chi connectivity index (χ0) is 14.0. The lowest BCUT2D eigenvalue weighted by molar-refractivity contribution is 0.617. The summed E-state index contributed by atoms with van der Waals surface area (Å²) >= 11 is 0. The molecule has 2 rings (SSSR count). The molecule has 0 atom stereocenters. The lowest BCUT2D eigenvalue weighted by atomic mass is 10.1. The first-order valence-corrected chi connectivity index (χ1v) is 5.98. The molecule has 0 aromatic heterocycles. The molecule has 0 unspecified atom stereocenters. The van der Waals surface area contributed by atoms with Crippen molar-refractivity contribution in [3.63, 3.8) is 0 Å². The van der Waals surface area contributed by atoms with Gasteiger partial charge in [0, 0.05) is 19.3 Å². The van der Waals surface area contributed by atoms with Crippen LogP contribution in [0.5, 0.6) is 0 Å². The van der Waals surface area contributed by atoms with Crippen molar-refractivity contribution in [2.75, 3.05) is 17.7 Å². The minimum atomic E-state index is -0.431. The predicted molar refractivity (Wildman–Crippen MR) is 74.1 cm³/mol. The molecular formula is C15H16F2N2. The van der Waals surface area contributed by atoms with Crippen LogP contribution in [0.1, 0.15) is 11.1 Å². The Morgan fingerprint density at radius 2 is 1.79 bits per heavy atom. The summed E-state index contributed by atoms with van der Waals surface area (Å²) in [6, 6.07) is 9.66. The number of aryl methyl sites for hydroxylation is 1. The van der Waals surface area contributed by atoms with Crippen LogP contribution in [0.15, 0.2) is 36.4 Å². The highest BCUT2D eigenvalue weighted by Crippen LogP contribution is 2.21. The number of halogens is 2. The van der Waals surface area contributed by atoms with Crippen LogP contribution in [0.4, 0.5) is 20.2 Å². The van der Waals surface area contributed by atoms with Gasteiger partial charge in [-0.2, -0.15) is 0 Å². The number of anilines is 2. The zero-order valence-corrected chi connectivity index (χ0v) is 11.0. The maximum atomic E-state index is 13.4. The number of nitrogens with two attached hydrogens (primary N) is 1. The quantitative estimate of drug-likeness (QED) is 0.858. The van der Waals surface area contributed by atoms with E-state index < -0.39 is 5.82 Å². The largest absolute Gasteiger partial charge is 0.396 e. The summed E-state index contributed by atoms with van der Waals surface area (Å²) in [5, 5.41) is 0. The lowest BCUT2D eigenvalue weighted by Crippen LogP contribution is -2.16. The van der Waals surface area contributed by atoms with Crippen molar-refractivity contribution < 1.29 is 8.78 Å². The van der Waals surface area contributed by atoms with Crippen LogP contribution in [-0.2, 0) is 6.54 Å². The summed E-state index contributed by atoms with van der Waals surface area (Å²) in [6.07, 6.45) is 0. The number of nitrogen functional groups attached to an aromatic ring is 1. The maximum Gasteiger partial charge on any atom is 0.148 e. The van der Waals surface area contributed by atoms with Gasteiger partial charge in [-0.3, -0.25) is 0 Å². The van der Waals surface area contributed by atoms with E-state index in [0.717, 1.165) is 11.3 Å². The fourth-order valence-corrected chi connectivity index (χ4v) is 1.92. The first kappa shape index (κ1) is 13.3. The SMILES string of the molecule is Cc1cc(CN(C)c2ccc(N)c(F)c2)ccc1F. The first-order chi connectivity index (χ1) is 8.97. The van der Waals surface area contributed by atoms with E-state index in [-0.39, 0.29) is 11.5 Å². The summed E-state index contributed by atoms with van der Waals surface area (Å²) in [5.41, 5.74) is 7.88. The van der Waals surface area contributed by atoms with Gasteiger partial charge in [0.15, 0.2) is 0 Å². The third kappa shape index (κ3) is 3.02. The van der Waals surface area contributed by atoms with Gasteiger partial charge >= 0.3 is 0 Å². The average molecular weight is 262 g/mol. The number of nitrogens with zero attached hydrogens (tertiary/aromatic N) is 1. The molecule has 0 amide bonds. The van der Waals surface area contributed by atoms with E-state index in [1.54, 1.807) is 25.1 Å². The topological polar surface area (TPSA) is 29.3 Å². The van der Waals surface area contributed by atoms with Crippen LogP contribution in [0, 0.1) is 18.6 Å². The van der Waals surface area contributed by atoms with Crippen LogP contribution in [0.2, 0.25) is 0 Å². The van der Waals surface area contributed by atoms with Crippen molar-refractivity contribution in [3.8, 4) is 0 Å². The second-order valence-electron chi connectivity index (χ2n) is 4.65. The van der Waals surface area contributed by atoms with E-state index in [4.69, 9.17) is 5.73 Å². The molecule has 2 aromatic rings. The molecule has 0 heterocycles. The van der Waals surface area contributed by atoms with Crippen molar-refractivity contribution in [2.45, 2.75) is 13.5 Å². The molecule has 100 valence electrons. The molecule has 0 saturated heterocycles. The van der Waals surface area contributed by atoms with Gasteiger partial charge in [0.05, 0.1) is 5.69 Å². The van der Waals surface area contributed by atoms with E-state index >= 15 is 0 Å². The van der Waals surface area contributed by atoms with E-state index in [0.29, 0.717) is 12.1 Å². The Hall–Kier alpha value is -2.10. The standard InChI is InChI=1S/C15H16F2N2/c1-10-7-11(3-5-13(10)16)9-19(2)12-4-6-15(18)14(17)8-12/h3-8H,9,18H2,1-2H3. The Morgan fingerprint density at radius 3 is 2.42 bits per heavy atom. The number of benzene rings is 2. The van der Waals surface area contributed by atoms with Gasteiger partial charge in [-0.15, -0.1) is 0 Å². The van der Waals surface area contributed by atoms with Crippen LogP contribution in [0.3, 0.4) is 0 Å². The van der Waals surface area contributed by atoms with Crippen LogP contribution < -0.4 is 10.6 Å². The number of hydrogen-bond donors (Lipinski definition) is 1. The summed E-state index contributed by atoms with van der Waals surface area (Å²) in [4.78, 5) is 1.88. The number of rotatable bonds is 3. The highest BCUT2D eigenvalue weighted by molar-refractivity contribution is 5.54. The van der Waals surface area contributed by atoms with Gasteiger partial charge in [0.2, 0.25) is 0 Å². The Kier molecular flexibility index (Phi) is 3.69. The normalized spacial score (nSPS) is 10.5. The highest BCUT2D eigenvalue weighted by atomic mass is 19.1. The number of hydrogen-bond acceptors (Lipinski definition) is 2. The van der Waals surface area contributed by atoms with Crippen molar-refractivity contribution >= 4 is 11.4 Å². The van der Waals surface area contributed by atoms with Gasteiger partial charge in [-0.05, 0) is 42.3 Å². The first-order valence-electron chi connectivity index (χ1n) is 5.98. The molecule has 2 nitrogen and oxygen atoms in total. The van der Waals surface area contributed by atoms with E-state index in [1.807, 2.05) is 11.9 Å². The summed E-state index contributed by atoms with van der Waals surface area (Å²) in [6.45, 7) is 2.30. The summed E-state index contributed by atoms with van der Waals surface area (Å²) < 4.78 is 26.6. The van der Waals surface area contributed by atoms with E-state index in [1.165, 1.54) is 18.2 Å². The third-order valence-electron chi connectivity index (χ3n) is 3.07. The minimum Gasteiger partial charge on any atom is -0.396 e. The Bertz CT molecular complexity index is 597. The summed E-state index contributed by atoms with van der Waals surface area (Å²) in [7, 11) is 1.85. The molecule has 0 aliphatic rings. The molecule has 0 radical (unpaired) electrons. The second kappa shape index (κ2) is 5.26. The minimum absolute atomic E-state index is 0.134. The van der Waals surface area contributed by atoms with Gasteiger partial charge < -0.3 is 10.6 Å². The molecule has 2 aromatic carbocycles. The van der Waals surface area contributed by atoms with Crippen molar-refractivity contribution in [1.82, 2.24) is 0 Å². The van der Waals surface area contributed by atoms with E-state index in [2.05, 4.69) is 0 Å². The fraction of sp³-hybridized carbons (Fsp3) is 0.200. The van der Waals surface area contributed by atoms with Gasteiger partial charge in [-0.25, -0.2) is 8.78 Å². The molecule has 2 N–H and O–H groups in total. The maximum absolute atomic E-state index is 13.4. The lowest BCUT2D eigenvalue weighted by Gasteiger charge is -2.20. The molecule has 0 saturated carbocycles. The van der Waals surface area contributed by atoms with Crippen molar-refractivity contribution in [1.29, 1.82) is 0 Å². The van der Waals surface area contributed by atoms with Gasteiger partial charge in [-0.1, -0.05) is 12.1 Å². The molecule has 0 aliphatic carbocycles. The molecule has 0 aliphatic heterocycles. The molecule has 19 heavy (non-hydrogen) atoms. The van der Waals surface area contributed by atoms with Crippen LogP contribution in [0.25, 0.3) is 0 Å². The Balaban J connectivity index is 2.17. The smallest absolute Gasteiger partial charge is 0.148 e. The molecular weight excluding hydrogens is 246 g/mol.